The summed E-state index contributed by atoms with van der Waals surface area (Å²) in [5, 5.41) is 10.7. The molecule has 0 bridgehead atoms. The van der Waals surface area contributed by atoms with Gasteiger partial charge in [-0.2, -0.15) is 0 Å². The molecule has 0 aromatic heterocycles. The first kappa shape index (κ1) is 20.8. The standard InChI is InChI=1S/C26H29NO2/c1-2-11-24-16-9-10-17-26(24)29-21-25(28)20-27(18-22-12-5-3-6-13-22)19-23-14-7-4-8-15-23/h2-10,12-17,25,28H,1,11,18-21H2/p+1/t25-/m0/s1. The second-order valence-electron chi connectivity index (χ2n) is 7.34. The van der Waals surface area contributed by atoms with Crippen LogP contribution < -0.4 is 9.64 Å². The normalized spacial score (nSPS) is 11.9. The van der Waals surface area contributed by atoms with E-state index in [2.05, 4.69) is 55.1 Å². The lowest BCUT2D eigenvalue weighted by atomic mass is 10.1. The second kappa shape index (κ2) is 11.2. The molecule has 0 aliphatic carbocycles. The molecule has 3 nitrogen and oxygen atoms in total. The molecule has 3 heteroatoms. The number of ether oxygens (including phenoxy) is 1. The maximum Gasteiger partial charge on any atom is 0.137 e. The number of quaternary nitrogens is 1. The molecule has 0 saturated heterocycles. The van der Waals surface area contributed by atoms with Gasteiger partial charge in [0.05, 0.1) is 0 Å². The van der Waals surface area contributed by atoms with Crippen LogP contribution in [-0.4, -0.2) is 24.4 Å². The molecule has 0 aliphatic heterocycles. The van der Waals surface area contributed by atoms with E-state index < -0.39 is 6.10 Å². The highest BCUT2D eigenvalue weighted by atomic mass is 16.5. The molecule has 2 N–H and O–H groups in total. The molecule has 3 aromatic rings. The summed E-state index contributed by atoms with van der Waals surface area (Å²) in [4.78, 5) is 1.30. The predicted molar refractivity (Wildman–Crippen MR) is 118 cm³/mol. The summed E-state index contributed by atoms with van der Waals surface area (Å²) in [6.07, 6.45) is 2.07. The Kier molecular flexibility index (Phi) is 8.05. The van der Waals surface area contributed by atoms with Crippen molar-refractivity contribution in [1.29, 1.82) is 0 Å². The smallest absolute Gasteiger partial charge is 0.137 e. The van der Waals surface area contributed by atoms with Crippen molar-refractivity contribution in [3.63, 3.8) is 0 Å². The van der Waals surface area contributed by atoms with E-state index in [1.165, 1.54) is 16.0 Å². The molecule has 150 valence electrons. The van der Waals surface area contributed by atoms with Gasteiger partial charge in [-0.1, -0.05) is 84.9 Å². The summed E-state index contributed by atoms with van der Waals surface area (Å²) in [6, 6.07) is 28.8. The summed E-state index contributed by atoms with van der Waals surface area (Å²) < 4.78 is 5.94. The first-order chi connectivity index (χ1) is 14.2. The van der Waals surface area contributed by atoms with E-state index in [-0.39, 0.29) is 6.61 Å². The van der Waals surface area contributed by atoms with Crippen LogP contribution in [0.25, 0.3) is 0 Å². The van der Waals surface area contributed by atoms with E-state index >= 15 is 0 Å². The van der Waals surface area contributed by atoms with E-state index in [1.807, 2.05) is 42.5 Å². The molecule has 0 heterocycles. The van der Waals surface area contributed by atoms with Gasteiger partial charge in [-0.15, -0.1) is 6.58 Å². The number of para-hydroxylation sites is 1. The number of rotatable bonds is 11. The lowest BCUT2D eigenvalue weighted by molar-refractivity contribution is -0.930. The number of benzene rings is 3. The van der Waals surface area contributed by atoms with Crippen LogP contribution in [0.15, 0.2) is 97.6 Å². The Morgan fingerprint density at radius 3 is 1.97 bits per heavy atom. The molecule has 0 saturated carbocycles. The number of aliphatic hydroxyl groups is 1. The third-order valence-electron chi connectivity index (χ3n) is 4.89. The molecule has 0 radical (unpaired) electrons. The Hall–Kier alpha value is -2.88. The molecule has 1 atom stereocenters. The third kappa shape index (κ3) is 6.90. The van der Waals surface area contributed by atoms with Gasteiger partial charge in [0.2, 0.25) is 0 Å². The van der Waals surface area contributed by atoms with Crippen LogP contribution in [0.3, 0.4) is 0 Å². The third-order valence-corrected chi connectivity index (χ3v) is 4.89. The van der Waals surface area contributed by atoms with E-state index in [4.69, 9.17) is 4.74 Å². The molecule has 0 unspecified atom stereocenters. The monoisotopic (exact) mass is 388 g/mol. The number of allylic oxidation sites excluding steroid dienone is 1. The Balaban J connectivity index is 1.62. The summed E-state index contributed by atoms with van der Waals surface area (Å²) in [5.41, 5.74) is 3.62. The zero-order valence-electron chi connectivity index (χ0n) is 16.8. The van der Waals surface area contributed by atoms with Crippen LogP contribution in [0.5, 0.6) is 5.75 Å². The van der Waals surface area contributed by atoms with Gasteiger partial charge in [0.25, 0.3) is 0 Å². The molecular weight excluding hydrogens is 358 g/mol. The minimum absolute atomic E-state index is 0.279. The summed E-state index contributed by atoms with van der Waals surface area (Å²) >= 11 is 0. The maximum absolute atomic E-state index is 10.7. The Morgan fingerprint density at radius 1 is 0.828 bits per heavy atom. The van der Waals surface area contributed by atoms with Gasteiger partial charge in [0.1, 0.15) is 38.1 Å². The van der Waals surface area contributed by atoms with Crippen LogP contribution in [-0.2, 0) is 19.5 Å². The van der Waals surface area contributed by atoms with Crippen LogP contribution in [0.2, 0.25) is 0 Å². The first-order valence-corrected chi connectivity index (χ1v) is 10.2. The molecular formula is C26H30NO2+. The Labute approximate surface area is 173 Å². The zero-order chi connectivity index (χ0) is 20.3. The highest BCUT2D eigenvalue weighted by Gasteiger charge is 2.17. The highest BCUT2D eigenvalue weighted by Crippen LogP contribution is 2.18. The fourth-order valence-electron chi connectivity index (χ4n) is 3.52. The molecule has 0 spiro atoms. The van der Waals surface area contributed by atoms with Gasteiger partial charge in [-0.25, -0.2) is 0 Å². The molecule has 3 aromatic carbocycles. The lowest BCUT2D eigenvalue weighted by Gasteiger charge is -2.23. The Bertz CT molecular complexity index is 823. The van der Waals surface area contributed by atoms with Crippen LogP contribution >= 0.6 is 0 Å². The lowest BCUT2D eigenvalue weighted by Crippen LogP contribution is -3.10. The van der Waals surface area contributed by atoms with Crippen LogP contribution in [0.4, 0.5) is 0 Å². The predicted octanol–water partition coefficient (Wildman–Crippen LogP) is 3.44. The second-order valence-corrected chi connectivity index (χ2v) is 7.34. The largest absolute Gasteiger partial charge is 0.490 e. The molecule has 3 rings (SSSR count). The topological polar surface area (TPSA) is 33.9 Å². The molecule has 0 fully saturated rings. The number of aliphatic hydroxyl groups excluding tert-OH is 1. The quantitative estimate of drug-likeness (QED) is 0.494. The highest BCUT2D eigenvalue weighted by molar-refractivity contribution is 5.34. The van der Waals surface area contributed by atoms with E-state index in [9.17, 15) is 5.11 Å². The van der Waals surface area contributed by atoms with Crippen LogP contribution in [0, 0.1) is 0 Å². The number of nitrogens with one attached hydrogen (secondary N) is 1. The van der Waals surface area contributed by atoms with Gasteiger partial charge in [-0.3, -0.25) is 0 Å². The number of hydrogen-bond donors (Lipinski definition) is 2. The minimum atomic E-state index is -0.547. The number of hydrogen-bond acceptors (Lipinski definition) is 2. The van der Waals surface area contributed by atoms with Crippen molar-refractivity contribution in [2.75, 3.05) is 13.2 Å². The van der Waals surface area contributed by atoms with Crippen molar-refractivity contribution in [3.05, 3.63) is 114 Å². The van der Waals surface area contributed by atoms with Crippen molar-refractivity contribution < 1.29 is 14.7 Å². The Morgan fingerprint density at radius 2 is 1.38 bits per heavy atom. The van der Waals surface area contributed by atoms with E-state index in [1.54, 1.807) is 0 Å². The van der Waals surface area contributed by atoms with Gasteiger partial charge in [-0.05, 0) is 18.1 Å². The molecule has 29 heavy (non-hydrogen) atoms. The fraction of sp³-hybridized carbons (Fsp3) is 0.231. The summed E-state index contributed by atoms with van der Waals surface area (Å²) in [5.74, 6) is 0.819. The average Bonchev–Trinajstić information content (AvgIpc) is 2.75. The van der Waals surface area contributed by atoms with Crippen molar-refractivity contribution in [3.8, 4) is 5.75 Å². The van der Waals surface area contributed by atoms with Gasteiger partial charge in [0.15, 0.2) is 0 Å². The first-order valence-electron chi connectivity index (χ1n) is 10.2. The van der Waals surface area contributed by atoms with Crippen molar-refractivity contribution in [2.24, 2.45) is 0 Å². The maximum atomic E-state index is 10.7. The molecule has 0 amide bonds. The minimum Gasteiger partial charge on any atom is -0.490 e. The van der Waals surface area contributed by atoms with Crippen LogP contribution in [0.1, 0.15) is 16.7 Å². The fourth-order valence-corrected chi connectivity index (χ4v) is 3.52. The van der Waals surface area contributed by atoms with Gasteiger partial charge < -0.3 is 14.7 Å². The average molecular weight is 389 g/mol. The van der Waals surface area contributed by atoms with Gasteiger partial charge >= 0.3 is 0 Å². The van der Waals surface area contributed by atoms with Crippen molar-refractivity contribution >= 4 is 0 Å². The van der Waals surface area contributed by atoms with E-state index in [0.29, 0.717) is 6.54 Å². The van der Waals surface area contributed by atoms with E-state index in [0.717, 1.165) is 30.8 Å². The van der Waals surface area contributed by atoms with Crippen molar-refractivity contribution in [1.82, 2.24) is 0 Å². The SMILES string of the molecule is C=CCc1ccccc1OC[C@@H](O)C[NH+](Cc1ccccc1)Cc1ccccc1. The van der Waals surface area contributed by atoms with Crippen molar-refractivity contribution in [2.45, 2.75) is 25.6 Å². The summed E-state index contributed by atoms with van der Waals surface area (Å²) in [7, 11) is 0. The molecule has 0 aliphatic rings. The van der Waals surface area contributed by atoms with Gasteiger partial charge in [0, 0.05) is 11.1 Å². The summed E-state index contributed by atoms with van der Waals surface area (Å²) in [6.45, 7) is 6.42. The zero-order valence-corrected chi connectivity index (χ0v) is 16.8.